The molecule has 0 aromatic carbocycles. The van der Waals surface area contributed by atoms with E-state index in [1.54, 1.807) is 12.1 Å². The molecule has 7 heteroatoms. The Morgan fingerprint density at radius 1 is 1.48 bits per heavy atom. The van der Waals surface area contributed by atoms with E-state index in [1.807, 2.05) is 0 Å². The third-order valence-corrected chi connectivity index (χ3v) is 3.54. The lowest BCUT2D eigenvalue weighted by molar-refractivity contribution is 0.0797. The Morgan fingerprint density at radius 3 is 2.81 bits per heavy atom. The first-order valence-corrected chi connectivity index (χ1v) is 8.39. The average molecular weight is 310 g/mol. The number of aromatic nitrogens is 1. The number of carbonyl (C=O) groups is 1. The third-order valence-electron chi connectivity index (χ3n) is 2.61. The highest BCUT2D eigenvalue weighted by atomic mass is 32.2. The summed E-state index contributed by atoms with van der Waals surface area (Å²) < 4.78 is 22.3. The predicted octanol–water partition coefficient (Wildman–Crippen LogP) is -0.0679. The molecule has 6 nitrogen and oxygen atoms in total. The van der Waals surface area contributed by atoms with Gasteiger partial charge in [0.05, 0.1) is 17.9 Å². The Bertz CT molecular complexity index is 659. The normalized spacial score (nSPS) is 10.6. The minimum Gasteiger partial charge on any atom is -0.395 e. The number of amides is 1. The maximum atomic E-state index is 12.3. The van der Waals surface area contributed by atoms with Gasteiger partial charge in [-0.1, -0.05) is 11.8 Å². The van der Waals surface area contributed by atoms with E-state index in [0.29, 0.717) is 12.0 Å². The molecule has 0 saturated heterocycles. The quantitative estimate of drug-likeness (QED) is 0.769. The Kier molecular flexibility index (Phi) is 6.34. The summed E-state index contributed by atoms with van der Waals surface area (Å²) in [5, 5.41) is 8.71. The molecule has 0 bridgehead atoms. The summed E-state index contributed by atoms with van der Waals surface area (Å²) in [6.45, 7) is 0.0442. The molecule has 1 heterocycles. The first-order valence-electron chi connectivity index (χ1n) is 6.33. The summed E-state index contributed by atoms with van der Waals surface area (Å²) in [6.07, 6.45) is 2.92. The van der Waals surface area contributed by atoms with Gasteiger partial charge in [0.1, 0.15) is 15.5 Å². The van der Waals surface area contributed by atoms with E-state index in [9.17, 15) is 13.2 Å². The van der Waals surface area contributed by atoms with Crippen molar-refractivity contribution in [3.05, 3.63) is 29.6 Å². The number of nitrogens with zero attached hydrogens (tertiary/aromatic N) is 2. The lowest BCUT2D eigenvalue weighted by Gasteiger charge is -2.16. The number of hydrogen-bond acceptors (Lipinski definition) is 5. The van der Waals surface area contributed by atoms with Crippen molar-refractivity contribution in [2.45, 2.75) is 6.42 Å². The van der Waals surface area contributed by atoms with Crippen molar-refractivity contribution in [1.29, 1.82) is 0 Å². The lowest BCUT2D eigenvalue weighted by Crippen LogP contribution is -2.32. The van der Waals surface area contributed by atoms with Crippen LogP contribution in [0.25, 0.3) is 0 Å². The van der Waals surface area contributed by atoms with Crippen molar-refractivity contribution in [1.82, 2.24) is 9.88 Å². The zero-order chi connectivity index (χ0) is 15.9. The van der Waals surface area contributed by atoms with Crippen molar-refractivity contribution in [3.8, 4) is 11.8 Å². The molecule has 114 valence electrons. The molecule has 0 aliphatic rings. The molecule has 0 unspecified atom stereocenters. The fourth-order valence-corrected chi connectivity index (χ4v) is 2.08. The van der Waals surface area contributed by atoms with Gasteiger partial charge < -0.3 is 10.0 Å². The van der Waals surface area contributed by atoms with Gasteiger partial charge in [-0.3, -0.25) is 4.79 Å². The third kappa shape index (κ3) is 5.94. The van der Waals surface area contributed by atoms with Gasteiger partial charge in [0.15, 0.2) is 0 Å². The van der Waals surface area contributed by atoms with E-state index in [1.165, 1.54) is 18.1 Å². The number of aliphatic hydroxyl groups is 1. The van der Waals surface area contributed by atoms with Crippen molar-refractivity contribution in [2.75, 3.05) is 32.2 Å². The highest BCUT2D eigenvalue weighted by molar-refractivity contribution is 7.90. The van der Waals surface area contributed by atoms with Crippen LogP contribution in [0, 0.1) is 11.8 Å². The largest absolute Gasteiger partial charge is 0.395 e. The number of hydrogen-bond donors (Lipinski definition) is 1. The molecule has 1 N–H and O–H groups in total. The minimum atomic E-state index is -3.13. The summed E-state index contributed by atoms with van der Waals surface area (Å²) in [4.78, 5) is 17.6. The maximum Gasteiger partial charge on any atom is 0.273 e. The highest BCUT2D eigenvalue weighted by Gasteiger charge is 2.17. The van der Waals surface area contributed by atoms with E-state index < -0.39 is 9.84 Å². The molecular formula is C14H18N2O4S. The molecule has 0 fully saturated rings. The van der Waals surface area contributed by atoms with Crippen LogP contribution in [-0.2, 0) is 9.84 Å². The molecule has 1 rings (SSSR count). The van der Waals surface area contributed by atoms with Crippen molar-refractivity contribution in [3.63, 3.8) is 0 Å². The Morgan fingerprint density at radius 2 is 2.19 bits per heavy atom. The molecule has 0 atom stereocenters. The summed E-state index contributed by atoms with van der Waals surface area (Å²) >= 11 is 0. The molecular weight excluding hydrogens is 292 g/mol. The second-order valence-electron chi connectivity index (χ2n) is 4.53. The van der Waals surface area contributed by atoms with E-state index in [2.05, 4.69) is 16.8 Å². The van der Waals surface area contributed by atoms with E-state index in [-0.39, 0.29) is 30.5 Å². The van der Waals surface area contributed by atoms with Crippen LogP contribution in [0.1, 0.15) is 22.5 Å². The first kappa shape index (κ1) is 17.1. The summed E-state index contributed by atoms with van der Waals surface area (Å²) in [7, 11) is -1.61. The Balaban J connectivity index is 2.90. The van der Waals surface area contributed by atoms with Gasteiger partial charge in [0, 0.05) is 32.5 Å². The van der Waals surface area contributed by atoms with Crippen LogP contribution in [0.3, 0.4) is 0 Å². The molecule has 21 heavy (non-hydrogen) atoms. The second-order valence-corrected chi connectivity index (χ2v) is 6.79. The van der Waals surface area contributed by atoms with Gasteiger partial charge in [0.2, 0.25) is 0 Å². The van der Waals surface area contributed by atoms with E-state index in [0.717, 1.165) is 6.26 Å². The zero-order valence-corrected chi connectivity index (χ0v) is 12.9. The first-order chi connectivity index (χ1) is 9.85. The highest BCUT2D eigenvalue weighted by Crippen LogP contribution is 2.07. The van der Waals surface area contributed by atoms with E-state index >= 15 is 0 Å². The second kappa shape index (κ2) is 7.76. The van der Waals surface area contributed by atoms with Gasteiger partial charge in [-0.05, 0) is 12.1 Å². The van der Waals surface area contributed by atoms with Gasteiger partial charge in [-0.2, -0.15) is 0 Å². The average Bonchev–Trinajstić information content (AvgIpc) is 2.44. The van der Waals surface area contributed by atoms with Gasteiger partial charge >= 0.3 is 0 Å². The monoisotopic (exact) mass is 310 g/mol. The number of pyridine rings is 1. The molecule has 0 saturated carbocycles. The molecule has 0 radical (unpaired) electrons. The number of aliphatic hydroxyl groups excluding tert-OH is 1. The molecule has 0 aliphatic heterocycles. The fraction of sp³-hybridized carbons (Fsp3) is 0.429. The summed E-state index contributed by atoms with van der Waals surface area (Å²) in [5.74, 6) is 5.03. The molecule has 1 aromatic heterocycles. The SMILES string of the molecule is CN(CCS(C)(=O)=O)C(=O)c1ncccc1C#CCCO. The molecule has 1 amide bonds. The molecule has 0 aliphatic carbocycles. The topological polar surface area (TPSA) is 87.6 Å². The van der Waals surface area contributed by atoms with Gasteiger partial charge in [-0.25, -0.2) is 13.4 Å². The smallest absolute Gasteiger partial charge is 0.273 e. The zero-order valence-electron chi connectivity index (χ0n) is 12.0. The number of carbonyl (C=O) groups excluding carboxylic acids is 1. The van der Waals surface area contributed by atoms with Crippen LogP contribution in [0.2, 0.25) is 0 Å². The van der Waals surface area contributed by atoms with Crippen molar-refractivity contribution < 1.29 is 18.3 Å². The van der Waals surface area contributed by atoms with Crippen LogP contribution in [0.15, 0.2) is 18.3 Å². The molecule has 1 aromatic rings. The standard InChI is InChI=1S/C14H18N2O4S/c1-16(9-11-21(2,19)20)14(18)13-12(6-3-4-10-17)7-5-8-15-13/h5,7-8,17H,4,9-11H2,1-2H3. The van der Waals surface area contributed by atoms with Gasteiger partial charge in [0.25, 0.3) is 5.91 Å². The Labute approximate surface area is 124 Å². The maximum absolute atomic E-state index is 12.3. The number of sulfone groups is 1. The molecule has 0 spiro atoms. The minimum absolute atomic E-state index is 0.0508. The van der Waals surface area contributed by atoms with Crippen LogP contribution in [0.4, 0.5) is 0 Å². The lowest BCUT2D eigenvalue weighted by atomic mass is 10.1. The van der Waals surface area contributed by atoms with E-state index in [4.69, 9.17) is 5.11 Å². The predicted molar refractivity (Wildman–Crippen MR) is 79.5 cm³/mol. The van der Waals surface area contributed by atoms with Crippen LogP contribution in [0.5, 0.6) is 0 Å². The van der Waals surface area contributed by atoms with Crippen LogP contribution in [-0.4, -0.2) is 61.5 Å². The summed E-state index contributed by atoms with van der Waals surface area (Å²) in [6, 6.07) is 3.32. The fourth-order valence-electron chi connectivity index (χ4n) is 1.48. The van der Waals surface area contributed by atoms with Crippen molar-refractivity contribution in [2.24, 2.45) is 0 Å². The summed E-state index contributed by atoms with van der Waals surface area (Å²) in [5.41, 5.74) is 0.640. The number of rotatable bonds is 5. The van der Waals surface area contributed by atoms with Gasteiger partial charge in [-0.15, -0.1) is 0 Å². The van der Waals surface area contributed by atoms with Crippen LogP contribution >= 0.6 is 0 Å². The van der Waals surface area contributed by atoms with Crippen LogP contribution < -0.4 is 0 Å². The van der Waals surface area contributed by atoms with Crippen molar-refractivity contribution >= 4 is 15.7 Å². The Hall–Kier alpha value is -1.91.